The third-order valence-electron chi connectivity index (χ3n) is 3.75. The second-order valence-electron chi connectivity index (χ2n) is 5.66. The van der Waals surface area contributed by atoms with Crippen molar-refractivity contribution >= 4 is 17.5 Å². The average molecular weight is 316 g/mol. The van der Waals surface area contributed by atoms with Gasteiger partial charge in [-0.2, -0.15) is 0 Å². The molecule has 23 heavy (non-hydrogen) atoms. The highest BCUT2D eigenvalue weighted by molar-refractivity contribution is 5.91. The third kappa shape index (κ3) is 5.21. The van der Waals surface area contributed by atoms with Gasteiger partial charge < -0.3 is 15.0 Å². The van der Waals surface area contributed by atoms with Crippen LogP contribution in [-0.2, 0) is 20.7 Å². The van der Waals surface area contributed by atoms with E-state index in [9.17, 15) is 9.59 Å². The van der Waals surface area contributed by atoms with Gasteiger partial charge >= 0.3 is 0 Å². The van der Waals surface area contributed by atoms with Gasteiger partial charge in [0.05, 0.1) is 0 Å². The summed E-state index contributed by atoms with van der Waals surface area (Å²) < 4.78 is 5.19. The second-order valence-corrected chi connectivity index (χ2v) is 5.66. The fourth-order valence-corrected chi connectivity index (χ4v) is 2.33. The Morgan fingerprint density at radius 3 is 2.61 bits per heavy atom. The van der Waals surface area contributed by atoms with E-state index < -0.39 is 0 Å². The van der Waals surface area contributed by atoms with Crippen molar-refractivity contribution in [3.63, 3.8) is 0 Å². The Morgan fingerprint density at radius 2 is 2.04 bits per heavy atom. The second kappa shape index (κ2) is 8.48. The summed E-state index contributed by atoms with van der Waals surface area (Å²) in [6.45, 7) is 7.29. The molecule has 1 aliphatic heterocycles. The maximum atomic E-state index is 11.9. The van der Waals surface area contributed by atoms with E-state index in [-0.39, 0.29) is 18.4 Å². The van der Waals surface area contributed by atoms with Gasteiger partial charge in [0, 0.05) is 37.4 Å². The molecule has 0 aliphatic carbocycles. The SMILES string of the molecule is C=C1CCN1C(=O)CCc1ccc(NC(=O)COCCC)cc1. The third-order valence-corrected chi connectivity index (χ3v) is 3.75. The lowest BCUT2D eigenvalue weighted by atomic mass is 10.1. The summed E-state index contributed by atoms with van der Waals surface area (Å²) in [7, 11) is 0. The minimum Gasteiger partial charge on any atom is -0.372 e. The fourth-order valence-electron chi connectivity index (χ4n) is 2.33. The highest BCUT2D eigenvalue weighted by Gasteiger charge is 2.23. The number of ether oxygens (including phenoxy) is 1. The minimum absolute atomic E-state index is 0.0732. The zero-order valence-electron chi connectivity index (χ0n) is 13.6. The molecule has 1 fully saturated rings. The molecule has 1 aromatic carbocycles. The van der Waals surface area contributed by atoms with Crippen molar-refractivity contribution in [1.29, 1.82) is 0 Å². The number of carbonyl (C=O) groups is 2. The monoisotopic (exact) mass is 316 g/mol. The molecule has 0 bridgehead atoms. The molecule has 2 amide bonds. The summed E-state index contributed by atoms with van der Waals surface area (Å²) in [5, 5.41) is 2.78. The topological polar surface area (TPSA) is 58.6 Å². The largest absolute Gasteiger partial charge is 0.372 e. The molecular weight excluding hydrogens is 292 g/mol. The minimum atomic E-state index is -0.155. The van der Waals surface area contributed by atoms with E-state index in [1.807, 2.05) is 31.2 Å². The first-order valence-corrected chi connectivity index (χ1v) is 8.05. The molecule has 124 valence electrons. The Hall–Kier alpha value is -2.14. The standard InChI is InChI=1S/C18H24N2O3/c1-3-12-23-13-17(21)19-16-7-4-15(5-8-16)6-9-18(22)20-11-10-14(20)2/h4-5,7-8H,2-3,6,9-13H2,1H3,(H,19,21). The van der Waals surface area contributed by atoms with Crippen LogP contribution in [0.2, 0.25) is 0 Å². The molecule has 1 aromatic rings. The average Bonchev–Trinajstić information content (AvgIpc) is 2.53. The van der Waals surface area contributed by atoms with Gasteiger partial charge in [0.25, 0.3) is 0 Å². The molecular formula is C18H24N2O3. The van der Waals surface area contributed by atoms with Gasteiger partial charge in [-0.25, -0.2) is 0 Å². The number of hydrogen-bond acceptors (Lipinski definition) is 3. The van der Waals surface area contributed by atoms with E-state index in [4.69, 9.17) is 4.74 Å². The maximum absolute atomic E-state index is 11.9. The smallest absolute Gasteiger partial charge is 0.250 e. The first-order chi connectivity index (χ1) is 11.1. The molecule has 2 rings (SSSR count). The lowest BCUT2D eigenvalue weighted by Gasteiger charge is -2.33. The predicted molar refractivity (Wildman–Crippen MR) is 90.0 cm³/mol. The van der Waals surface area contributed by atoms with Crippen LogP contribution in [0.4, 0.5) is 5.69 Å². The van der Waals surface area contributed by atoms with Gasteiger partial charge in [-0.1, -0.05) is 25.6 Å². The van der Waals surface area contributed by atoms with Crippen LogP contribution in [0.1, 0.15) is 31.7 Å². The molecule has 5 heteroatoms. The Labute approximate surface area is 137 Å². The molecule has 0 radical (unpaired) electrons. The van der Waals surface area contributed by atoms with Crippen LogP contribution in [0, 0.1) is 0 Å². The van der Waals surface area contributed by atoms with Crippen molar-refractivity contribution in [2.75, 3.05) is 25.1 Å². The summed E-state index contributed by atoms with van der Waals surface area (Å²) in [5.74, 6) is -0.0237. The maximum Gasteiger partial charge on any atom is 0.250 e. The van der Waals surface area contributed by atoms with E-state index in [0.717, 1.165) is 36.3 Å². The molecule has 1 N–H and O–H groups in total. The highest BCUT2D eigenvalue weighted by atomic mass is 16.5. The summed E-state index contributed by atoms with van der Waals surface area (Å²) >= 11 is 0. The lowest BCUT2D eigenvalue weighted by molar-refractivity contribution is -0.131. The molecule has 0 atom stereocenters. The van der Waals surface area contributed by atoms with Crippen molar-refractivity contribution in [2.24, 2.45) is 0 Å². The molecule has 0 unspecified atom stereocenters. The van der Waals surface area contributed by atoms with E-state index in [1.54, 1.807) is 4.90 Å². The summed E-state index contributed by atoms with van der Waals surface area (Å²) in [4.78, 5) is 25.3. The molecule has 1 aliphatic rings. The van der Waals surface area contributed by atoms with E-state index in [0.29, 0.717) is 19.4 Å². The highest BCUT2D eigenvalue weighted by Crippen LogP contribution is 2.21. The molecule has 5 nitrogen and oxygen atoms in total. The number of nitrogens with zero attached hydrogens (tertiary/aromatic N) is 1. The Kier molecular flexibility index (Phi) is 6.35. The molecule has 0 spiro atoms. The van der Waals surface area contributed by atoms with Crippen LogP contribution in [0.15, 0.2) is 36.5 Å². The van der Waals surface area contributed by atoms with Crippen molar-refractivity contribution in [3.8, 4) is 0 Å². The summed E-state index contributed by atoms with van der Waals surface area (Å²) in [6.07, 6.45) is 2.99. The van der Waals surface area contributed by atoms with Gasteiger partial charge in [0.2, 0.25) is 11.8 Å². The van der Waals surface area contributed by atoms with Crippen molar-refractivity contribution in [1.82, 2.24) is 4.90 Å². The van der Waals surface area contributed by atoms with E-state index in [1.165, 1.54) is 0 Å². The number of likely N-dealkylation sites (tertiary alicyclic amines) is 1. The van der Waals surface area contributed by atoms with Gasteiger partial charge in [-0.3, -0.25) is 9.59 Å². The molecule has 0 saturated carbocycles. The fraction of sp³-hybridized carbons (Fsp3) is 0.444. The van der Waals surface area contributed by atoms with Gasteiger partial charge in [-0.05, 0) is 30.5 Å². The number of hydrogen-bond donors (Lipinski definition) is 1. The van der Waals surface area contributed by atoms with Crippen molar-refractivity contribution in [2.45, 2.75) is 32.6 Å². The number of nitrogens with one attached hydrogen (secondary N) is 1. The van der Waals surface area contributed by atoms with Gasteiger partial charge in [0.1, 0.15) is 6.61 Å². The number of amides is 2. The zero-order chi connectivity index (χ0) is 16.7. The lowest BCUT2D eigenvalue weighted by Crippen LogP contribution is -2.39. The van der Waals surface area contributed by atoms with E-state index >= 15 is 0 Å². The Bertz CT molecular complexity index is 566. The van der Waals surface area contributed by atoms with Crippen LogP contribution < -0.4 is 5.32 Å². The zero-order valence-corrected chi connectivity index (χ0v) is 13.6. The van der Waals surface area contributed by atoms with Gasteiger partial charge in [-0.15, -0.1) is 0 Å². The van der Waals surface area contributed by atoms with Crippen LogP contribution in [0.5, 0.6) is 0 Å². The van der Waals surface area contributed by atoms with Crippen molar-refractivity contribution in [3.05, 3.63) is 42.1 Å². The quantitative estimate of drug-likeness (QED) is 0.750. The first-order valence-electron chi connectivity index (χ1n) is 8.05. The number of carbonyl (C=O) groups excluding carboxylic acids is 2. The normalized spacial score (nSPS) is 13.6. The first kappa shape index (κ1) is 17.2. The van der Waals surface area contributed by atoms with Gasteiger partial charge in [0.15, 0.2) is 0 Å². The number of rotatable bonds is 8. The van der Waals surface area contributed by atoms with Crippen LogP contribution in [0.3, 0.4) is 0 Å². The number of anilines is 1. The van der Waals surface area contributed by atoms with Crippen LogP contribution in [0.25, 0.3) is 0 Å². The van der Waals surface area contributed by atoms with Crippen LogP contribution in [-0.4, -0.2) is 36.5 Å². The Morgan fingerprint density at radius 1 is 1.30 bits per heavy atom. The van der Waals surface area contributed by atoms with E-state index in [2.05, 4.69) is 11.9 Å². The Balaban J connectivity index is 1.74. The molecule has 1 heterocycles. The molecule has 0 aromatic heterocycles. The summed E-state index contributed by atoms with van der Waals surface area (Å²) in [6, 6.07) is 7.56. The van der Waals surface area contributed by atoms with Crippen LogP contribution >= 0.6 is 0 Å². The summed E-state index contributed by atoms with van der Waals surface area (Å²) in [5.41, 5.74) is 2.73. The van der Waals surface area contributed by atoms with Crippen molar-refractivity contribution < 1.29 is 14.3 Å². The molecule has 1 saturated heterocycles. The predicted octanol–water partition coefficient (Wildman–Crippen LogP) is 2.73. The number of benzene rings is 1. The number of aryl methyl sites for hydroxylation is 1.